The molecule has 0 aliphatic carbocycles. The van der Waals surface area contributed by atoms with Crippen LogP contribution in [0.4, 0.5) is 0 Å². The van der Waals surface area contributed by atoms with Crippen LogP contribution in [0.1, 0.15) is 0 Å². The van der Waals surface area contributed by atoms with E-state index in [0.29, 0.717) is 136 Å². The highest BCUT2D eigenvalue weighted by Gasteiger charge is 2.26. The Balaban J connectivity index is 1.50. The first-order valence-electron chi connectivity index (χ1n) is 17.2. The fourth-order valence-electron chi connectivity index (χ4n) is 7.09. The predicted molar refractivity (Wildman–Crippen MR) is 208 cm³/mol. The van der Waals surface area contributed by atoms with Gasteiger partial charge < -0.3 is 47.9 Å². The summed E-state index contributed by atoms with van der Waals surface area (Å²) in [4.78, 5) is 37.3. The zero-order valence-electron chi connectivity index (χ0n) is 31.6. The Morgan fingerprint density at radius 2 is 0.482 bits per heavy atom. The number of hydrogen-bond donors (Lipinski definition) is 2. The van der Waals surface area contributed by atoms with Crippen LogP contribution in [-0.4, -0.2) is 96.8 Å². The van der Waals surface area contributed by atoms with Crippen LogP contribution in [0.25, 0.3) is 89.7 Å². The number of methoxy groups -OCH3 is 8. The molecule has 0 radical (unpaired) electrons. The molecule has 0 fully saturated rings. The van der Waals surface area contributed by atoms with Crippen LogP contribution >= 0.6 is 0 Å². The van der Waals surface area contributed by atoms with Gasteiger partial charge in [0.1, 0.15) is 22.6 Å². The smallest absolute Gasteiger partial charge is 0.164 e. The second kappa shape index (κ2) is 13.2. The average Bonchev–Trinajstić information content (AvgIpc) is 3.95. The maximum Gasteiger partial charge on any atom is 0.164 e. The van der Waals surface area contributed by atoms with E-state index in [2.05, 4.69) is 9.97 Å². The summed E-state index contributed by atoms with van der Waals surface area (Å²) in [6.07, 6.45) is 0. The lowest BCUT2D eigenvalue weighted by molar-refractivity contribution is 0.355. The summed E-state index contributed by atoms with van der Waals surface area (Å²) in [5, 5.41) is 2.78. The number of fused-ring (bicyclic) bond motifs is 20. The molecule has 4 aromatic carbocycles. The molecule has 16 nitrogen and oxygen atoms in total. The summed E-state index contributed by atoms with van der Waals surface area (Å²) < 4.78 is 45.6. The highest BCUT2D eigenvalue weighted by atomic mass is 16.5. The highest BCUT2D eigenvalue weighted by Crippen LogP contribution is 2.45. The van der Waals surface area contributed by atoms with E-state index in [-0.39, 0.29) is 0 Å². The van der Waals surface area contributed by atoms with Crippen molar-refractivity contribution in [2.45, 2.75) is 0 Å². The first kappa shape index (κ1) is 34.4. The summed E-state index contributed by atoms with van der Waals surface area (Å²) in [7, 11) is 12.6. The normalized spacial score (nSPS) is 11.6. The van der Waals surface area contributed by atoms with E-state index in [1.165, 1.54) is 0 Å². The Hall–Kier alpha value is -7.36. The van der Waals surface area contributed by atoms with E-state index >= 15 is 0 Å². The van der Waals surface area contributed by atoms with Gasteiger partial charge in [0.05, 0.1) is 56.9 Å². The van der Waals surface area contributed by atoms with E-state index in [1.807, 2.05) is 48.5 Å². The molecule has 2 aliphatic heterocycles. The van der Waals surface area contributed by atoms with Crippen molar-refractivity contribution in [1.82, 2.24) is 39.9 Å². The van der Waals surface area contributed by atoms with Gasteiger partial charge in [0.25, 0.3) is 0 Å². The number of aromatic nitrogens is 8. The molecule has 2 N–H and O–H groups in total. The maximum absolute atomic E-state index is 5.71. The molecule has 0 unspecified atom stereocenters. The largest absolute Gasteiger partial charge is 0.493 e. The fraction of sp³-hybridized carbons (Fsp3) is 0.200. The lowest BCUT2D eigenvalue weighted by Crippen LogP contribution is -1.92. The third-order valence-corrected chi connectivity index (χ3v) is 9.85. The summed E-state index contributed by atoms with van der Waals surface area (Å²) in [5.74, 6) is 5.49. The molecule has 282 valence electrons. The number of H-pyrrole nitrogens is 2. The van der Waals surface area contributed by atoms with Crippen molar-refractivity contribution in [1.29, 1.82) is 0 Å². The number of aromatic amines is 2. The number of rotatable bonds is 8. The highest BCUT2D eigenvalue weighted by molar-refractivity contribution is 6.08. The molecule has 7 aromatic rings. The zero-order valence-corrected chi connectivity index (χ0v) is 31.6. The molecule has 2 aliphatic rings. The Morgan fingerprint density at radius 3 is 0.679 bits per heavy atom. The fourth-order valence-corrected chi connectivity index (χ4v) is 7.09. The number of benzene rings is 4. The van der Waals surface area contributed by atoms with E-state index < -0.39 is 0 Å². The summed E-state index contributed by atoms with van der Waals surface area (Å²) >= 11 is 0. The summed E-state index contributed by atoms with van der Waals surface area (Å²) in [6.45, 7) is 0. The van der Waals surface area contributed by atoms with Gasteiger partial charge in [-0.05, 0) is 48.5 Å². The van der Waals surface area contributed by atoms with Gasteiger partial charge in [0.2, 0.25) is 0 Å². The Labute approximate surface area is 318 Å². The average molecular weight is 755 g/mol. The lowest BCUT2D eigenvalue weighted by Gasteiger charge is -2.09. The molecule has 0 saturated heterocycles. The summed E-state index contributed by atoms with van der Waals surface area (Å²) in [5.41, 5.74) is 4.49. The lowest BCUT2D eigenvalue weighted by atomic mass is 10.1. The van der Waals surface area contributed by atoms with Crippen LogP contribution in [0, 0.1) is 0 Å². The topological polar surface area (TPSA) is 183 Å². The van der Waals surface area contributed by atoms with Crippen molar-refractivity contribution in [3.8, 4) is 91.5 Å². The van der Waals surface area contributed by atoms with Gasteiger partial charge in [-0.3, -0.25) is 0 Å². The first-order valence-corrected chi connectivity index (χ1v) is 17.2. The number of hydrogen-bond acceptors (Lipinski definition) is 14. The van der Waals surface area contributed by atoms with E-state index in [0.717, 1.165) is 0 Å². The van der Waals surface area contributed by atoms with Gasteiger partial charge in [0, 0.05) is 43.8 Å². The second-order valence-electron chi connectivity index (χ2n) is 12.6. The van der Waals surface area contributed by atoms with Gasteiger partial charge in [0.15, 0.2) is 69.3 Å². The molecule has 3 aromatic heterocycles. The van der Waals surface area contributed by atoms with Crippen LogP contribution in [0.15, 0.2) is 48.5 Å². The number of ether oxygens (including phenoxy) is 8. The first-order chi connectivity index (χ1) is 27.3. The standard InChI is InChI=1S/C40H34N8O8/c1-49-25-9-17-18(10-26(25)50-2)34-41-33(17)45-35-19-11-27(51-3)28(52-4)12-20(19)37(42-35)47-39-23-15-31(55-7)32(56-8)16-24(23)40(44-39)48-38-22-14-30(54-6)29(53-5)13-21(22)36(43-38)46-34/h9-16H,1-8H3,(H2,41,42,43,44,45,46,47,48). The minimum Gasteiger partial charge on any atom is -0.493 e. The van der Waals surface area contributed by atoms with Gasteiger partial charge >= 0.3 is 0 Å². The Bertz CT molecular complexity index is 2560. The molecule has 0 spiro atoms. The van der Waals surface area contributed by atoms with E-state index in [4.69, 9.17) is 67.8 Å². The van der Waals surface area contributed by atoms with Crippen LogP contribution in [0.3, 0.4) is 0 Å². The van der Waals surface area contributed by atoms with Gasteiger partial charge in [-0.25, -0.2) is 29.9 Å². The quantitative estimate of drug-likeness (QED) is 0.163. The summed E-state index contributed by atoms with van der Waals surface area (Å²) in [6, 6.07) is 14.7. The van der Waals surface area contributed by atoms with Crippen LogP contribution < -0.4 is 37.9 Å². The maximum atomic E-state index is 5.71. The van der Waals surface area contributed by atoms with Crippen LogP contribution in [0.5, 0.6) is 46.0 Å². The van der Waals surface area contributed by atoms with Crippen molar-refractivity contribution < 1.29 is 37.9 Å². The van der Waals surface area contributed by atoms with Crippen molar-refractivity contribution >= 4 is 44.1 Å². The van der Waals surface area contributed by atoms with E-state index in [1.54, 1.807) is 56.9 Å². The molecule has 0 saturated carbocycles. The SMILES string of the molecule is COc1cc2c(cc1OC)-c1nc-2nc2[nH]c(nc3nc(nc4[nH]c(n1)c1cc(OC)c(OC)cc41)-c1cc(OC)c(OC)cc1-3)c1cc(OC)c(OC)cc21. The van der Waals surface area contributed by atoms with Crippen molar-refractivity contribution in [2.24, 2.45) is 0 Å². The number of nitrogens with zero attached hydrogens (tertiary/aromatic N) is 6. The third kappa shape index (κ3) is 5.20. The molecule has 16 heteroatoms. The molecule has 0 atom stereocenters. The Morgan fingerprint density at radius 1 is 0.286 bits per heavy atom. The van der Waals surface area contributed by atoms with E-state index in [9.17, 15) is 0 Å². The van der Waals surface area contributed by atoms with Crippen molar-refractivity contribution in [2.75, 3.05) is 56.9 Å². The van der Waals surface area contributed by atoms with Gasteiger partial charge in [-0.1, -0.05) is 0 Å². The third-order valence-electron chi connectivity index (χ3n) is 9.85. The van der Waals surface area contributed by atoms with Gasteiger partial charge in [-0.2, -0.15) is 0 Å². The van der Waals surface area contributed by atoms with Gasteiger partial charge in [-0.15, -0.1) is 0 Å². The molecule has 8 bridgehead atoms. The minimum absolute atomic E-state index is 0.368. The Kier molecular flexibility index (Phi) is 8.10. The van der Waals surface area contributed by atoms with Crippen molar-refractivity contribution in [3.05, 3.63) is 48.5 Å². The zero-order chi connectivity index (χ0) is 38.8. The molecule has 0 amide bonds. The molecular formula is C40H34N8O8. The predicted octanol–water partition coefficient (Wildman–Crippen LogP) is 6.94. The molecule has 9 rings (SSSR count). The molecular weight excluding hydrogens is 720 g/mol. The minimum atomic E-state index is 0.368. The van der Waals surface area contributed by atoms with Crippen molar-refractivity contribution in [3.63, 3.8) is 0 Å². The number of nitrogens with one attached hydrogen (secondary N) is 2. The molecule has 5 heterocycles. The monoisotopic (exact) mass is 754 g/mol. The molecule has 56 heavy (non-hydrogen) atoms. The second-order valence-corrected chi connectivity index (χ2v) is 12.6. The van der Waals surface area contributed by atoms with Crippen LogP contribution in [0.2, 0.25) is 0 Å². The van der Waals surface area contributed by atoms with Crippen LogP contribution in [-0.2, 0) is 0 Å².